The fraction of sp³-hybridized carbons (Fsp3) is 0.312. The van der Waals surface area contributed by atoms with Crippen LogP contribution >= 0.6 is 0 Å². The number of hydrogen-bond donors (Lipinski definition) is 3. The van der Waals surface area contributed by atoms with Gasteiger partial charge in [0.25, 0.3) is 0 Å². The molecule has 2 amide bonds. The first-order chi connectivity index (χ1) is 11.5. The number of benzene rings is 1. The van der Waals surface area contributed by atoms with Gasteiger partial charge in [-0.3, -0.25) is 10.1 Å². The number of halogens is 1. The third-order valence-corrected chi connectivity index (χ3v) is 4.03. The third-order valence-electron chi connectivity index (χ3n) is 4.03. The summed E-state index contributed by atoms with van der Waals surface area (Å²) in [6.07, 6.45) is 2.44. The van der Waals surface area contributed by atoms with Gasteiger partial charge in [0.1, 0.15) is 11.6 Å². The van der Waals surface area contributed by atoms with E-state index in [9.17, 15) is 14.0 Å². The van der Waals surface area contributed by atoms with Crippen LogP contribution in [0.25, 0.3) is 0 Å². The maximum atomic E-state index is 12.9. The smallest absolute Gasteiger partial charge is 0.320 e. The van der Waals surface area contributed by atoms with Gasteiger partial charge in [-0.15, -0.1) is 0 Å². The zero-order chi connectivity index (χ0) is 17.1. The summed E-state index contributed by atoms with van der Waals surface area (Å²) in [7, 11) is 0. The maximum absolute atomic E-state index is 12.9. The molecule has 0 aliphatic heterocycles. The van der Waals surface area contributed by atoms with Gasteiger partial charge in [-0.1, -0.05) is 12.1 Å². The van der Waals surface area contributed by atoms with Gasteiger partial charge >= 0.3 is 12.0 Å². The molecule has 1 fully saturated rings. The molecule has 126 valence electrons. The molecule has 0 bridgehead atoms. The average molecular weight is 332 g/mol. The Hall–Kier alpha value is -2.90. The Morgan fingerprint density at radius 2 is 1.96 bits per heavy atom. The van der Waals surface area contributed by atoms with Crippen LogP contribution in [0.3, 0.4) is 0 Å². The van der Waals surface area contributed by atoms with Crippen molar-refractivity contribution in [3.8, 4) is 0 Å². The van der Waals surface area contributed by atoms with Crippen LogP contribution in [0, 0.1) is 11.7 Å². The summed E-state index contributed by atoms with van der Waals surface area (Å²) in [5.41, 5.74) is 0.854. The van der Waals surface area contributed by atoms with E-state index in [1.165, 1.54) is 12.1 Å². The van der Waals surface area contributed by atoms with E-state index >= 15 is 0 Å². The van der Waals surface area contributed by atoms with E-state index in [2.05, 4.69) is 15.7 Å². The van der Waals surface area contributed by atoms with Crippen molar-refractivity contribution in [3.63, 3.8) is 0 Å². The van der Waals surface area contributed by atoms with Crippen LogP contribution in [0.2, 0.25) is 0 Å². The Morgan fingerprint density at radius 1 is 1.25 bits per heavy atom. The van der Waals surface area contributed by atoms with Gasteiger partial charge in [-0.25, -0.2) is 13.9 Å². The van der Waals surface area contributed by atoms with E-state index < -0.39 is 12.0 Å². The monoisotopic (exact) mass is 332 g/mol. The number of hydrogen-bond acceptors (Lipinski definition) is 3. The number of anilines is 1. The number of rotatable bonds is 5. The lowest BCUT2D eigenvalue weighted by molar-refractivity contribution is -0.145. The molecule has 1 aromatic carbocycles. The van der Waals surface area contributed by atoms with Crippen LogP contribution < -0.4 is 10.6 Å². The third kappa shape index (κ3) is 3.70. The Bertz CT molecular complexity index is 738. The fourth-order valence-electron chi connectivity index (χ4n) is 2.60. The molecule has 1 aliphatic rings. The minimum Gasteiger partial charge on any atom is -0.481 e. The number of urea groups is 1. The quantitative estimate of drug-likeness (QED) is 0.781. The normalized spacial score (nSPS) is 19.4. The molecule has 1 saturated carbocycles. The van der Waals surface area contributed by atoms with Crippen LogP contribution in [0.4, 0.5) is 15.0 Å². The van der Waals surface area contributed by atoms with Gasteiger partial charge in [-0.05, 0) is 30.5 Å². The number of nitrogens with zero attached hydrogens (tertiary/aromatic N) is 2. The molecule has 1 aromatic heterocycles. The van der Waals surface area contributed by atoms with Gasteiger partial charge in [0.05, 0.1) is 18.7 Å². The molecule has 3 N–H and O–H groups in total. The molecule has 1 aliphatic carbocycles. The lowest BCUT2D eigenvalue weighted by Gasteiger charge is -2.32. The number of nitrogens with one attached hydrogen (secondary N) is 2. The lowest BCUT2D eigenvalue weighted by atomic mass is 9.80. The highest BCUT2D eigenvalue weighted by Gasteiger charge is 2.35. The van der Waals surface area contributed by atoms with Gasteiger partial charge < -0.3 is 10.4 Å². The maximum Gasteiger partial charge on any atom is 0.320 e. The SMILES string of the molecule is O=C(Nc1ccnn1Cc1ccc(F)cc1)NC1CC(C(=O)O)C1. The topological polar surface area (TPSA) is 96.3 Å². The van der Waals surface area contributed by atoms with Gasteiger partial charge in [-0.2, -0.15) is 5.10 Å². The van der Waals surface area contributed by atoms with Gasteiger partial charge in [0.15, 0.2) is 0 Å². The van der Waals surface area contributed by atoms with Crippen molar-refractivity contribution >= 4 is 17.8 Å². The van der Waals surface area contributed by atoms with E-state index in [0.29, 0.717) is 25.2 Å². The first-order valence-electron chi connectivity index (χ1n) is 7.58. The molecule has 0 atom stereocenters. The van der Waals surface area contributed by atoms with Crippen LogP contribution in [0.1, 0.15) is 18.4 Å². The molecule has 0 radical (unpaired) electrons. The summed E-state index contributed by atoms with van der Waals surface area (Å²) < 4.78 is 14.5. The molecule has 3 rings (SSSR count). The Kier molecular flexibility index (Phi) is 4.45. The number of amides is 2. The van der Waals surface area contributed by atoms with Crippen LogP contribution in [0.15, 0.2) is 36.5 Å². The standard InChI is InChI=1S/C16H17FN4O3/c17-12-3-1-10(2-4-12)9-21-14(5-6-18-21)20-16(24)19-13-7-11(8-13)15(22)23/h1-6,11,13H,7-9H2,(H,22,23)(H2,19,20,24). The molecular weight excluding hydrogens is 315 g/mol. The Balaban J connectivity index is 1.54. The van der Waals surface area contributed by atoms with Crippen molar-refractivity contribution in [3.05, 3.63) is 47.9 Å². The minimum absolute atomic E-state index is 0.125. The van der Waals surface area contributed by atoms with Crippen LogP contribution in [-0.4, -0.2) is 32.9 Å². The molecule has 0 spiro atoms. The number of carboxylic acids is 1. The van der Waals surface area contributed by atoms with E-state index in [1.54, 1.807) is 29.1 Å². The summed E-state index contributed by atoms with van der Waals surface area (Å²) in [6, 6.07) is 7.18. The molecular formula is C16H17FN4O3. The first kappa shape index (κ1) is 16.0. The number of carbonyl (C=O) groups excluding carboxylic acids is 1. The van der Waals surface area contributed by atoms with Crippen molar-refractivity contribution in [1.82, 2.24) is 15.1 Å². The highest BCUT2D eigenvalue weighted by atomic mass is 19.1. The first-order valence-corrected chi connectivity index (χ1v) is 7.58. The number of aromatic nitrogens is 2. The summed E-state index contributed by atoms with van der Waals surface area (Å²) in [6.45, 7) is 0.396. The molecule has 2 aromatic rings. The fourth-order valence-corrected chi connectivity index (χ4v) is 2.60. The zero-order valence-electron chi connectivity index (χ0n) is 12.8. The summed E-state index contributed by atoms with van der Waals surface area (Å²) in [5, 5.41) is 18.4. The molecule has 8 heteroatoms. The van der Waals surface area contributed by atoms with Crippen molar-refractivity contribution in [1.29, 1.82) is 0 Å². The summed E-state index contributed by atoms with van der Waals surface area (Å²) in [4.78, 5) is 22.7. The van der Waals surface area contributed by atoms with Gasteiger partial charge in [0.2, 0.25) is 0 Å². The van der Waals surface area contributed by atoms with Crippen LogP contribution in [-0.2, 0) is 11.3 Å². The van der Waals surface area contributed by atoms with E-state index in [4.69, 9.17) is 5.11 Å². The number of carbonyl (C=O) groups is 2. The second kappa shape index (κ2) is 6.69. The molecule has 1 heterocycles. The van der Waals surface area contributed by atoms with E-state index in [0.717, 1.165) is 5.56 Å². The lowest BCUT2D eigenvalue weighted by Crippen LogP contribution is -2.48. The van der Waals surface area contributed by atoms with E-state index in [-0.39, 0.29) is 17.8 Å². The molecule has 24 heavy (non-hydrogen) atoms. The Morgan fingerprint density at radius 3 is 2.62 bits per heavy atom. The molecule has 0 saturated heterocycles. The Labute approximate surface area is 137 Å². The molecule has 0 unspecified atom stereocenters. The van der Waals surface area contributed by atoms with Gasteiger partial charge in [0, 0.05) is 12.1 Å². The second-order valence-electron chi connectivity index (χ2n) is 5.80. The highest BCUT2D eigenvalue weighted by molar-refractivity contribution is 5.88. The number of aliphatic carboxylic acids is 1. The minimum atomic E-state index is -0.828. The predicted molar refractivity (Wildman–Crippen MR) is 84.0 cm³/mol. The molecule has 7 nitrogen and oxygen atoms in total. The highest BCUT2D eigenvalue weighted by Crippen LogP contribution is 2.27. The predicted octanol–water partition coefficient (Wildman–Crippen LogP) is 2.06. The van der Waals surface area contributed by atoms with Crippen molar-refractivity contribution in [2.75, 3.05) is 5.32 Å². The van der Waals surface area contributed by atoms with E-state index in [1.807, 2.05) is 0 Å². The average Bonchev–Trinajstić information content (AvgIpc) is 2.91. The van der Waals surface area contributed by atoms with Crippen molar-refractivity contribution < 1.29 is 19.1 Å². The summed E-state index contributed by atoms with van der Waals surface area (Å²) in [5.74, 6) is -1.01. The zero-order valence-corrected chi connectivity index (χ0v) is 12.8. The number of carboxylic acid groups (broad SMARTS) is 1. The van der Waals surface area contributed by atoms with Crippen LogP contribution in [0.5, 0.6) is 0 Å². The van der Waals surface area contributed by atoms with Crippen molar-refractivity contribution in [2.45, 2.75) is 25.4 Å². The summed E-state index contributed by atoms with van der Waals surface area (Å²) >= 11 is 0. The largest absolute Gasteiger partial charge is 0.481 e. The van der Waals surface area contributed by atoms with Crippen molar-refractivity contribution in [2.24, 2.45) is 5.92 Å². The second-order valence-corrected chi connectivity index (χ2v) is 5.80.